The number of amides is 1. The second-order valence-electron chi connectivity index (χ2n) is 5.59. The van der Waals surface area contributed by atoms with Gasteiger partial charge in [0.15, 0.2) is 0 Å². The fraction of sp³-hybridized carbons (Fsp3) is 0.467. The number of carbonyl (C=O) groups is 1. The number of nitrogens with two attached hydrogens (primary N) is 1. The largest absolute Gasteiger partial charge is 0.367 e. The van der Waals surface area contributed by atoms with Crippen LogP contribution in [0, 0.1) is 5.92 Å². The number of hydrogen-bond acceptors (Lipinski definition) is 5. The van der Waals surface area contributed by atoms with Crippen molar-refractivity contribution in [2.45, 2.75) is 32.1 Å². The van der Waals surface area contributed by atoms with Crippen molar-refractivity contribution in [1.29, 1.82) is 0 Å². The number of nitrogen functional groups attached to an aromatic ring is 1. The smallest absolute Gasteiger partial charge is 0.259 e. The molecule has 2 aromatic rings. The summed E-state index contributed by atoms with van der Waals surface area (Å²) in [5, 5.41) is 6.87. The summed E-state index contributed by atoms with van der Waals surface area (Å²) in [5.74, 6) is 0.364. The molecule has 1 saturated carbocycles. The number of carbonyl (C=O) groups excluding carboxylic acids is 1. The van der Waals surface area contributed by atoms with Gasteiger partial charge in [-0.15, -0.1) is 11.3 Å². The van der Waals surface area contributed by atoms with Crippen LogP contribution in [0.3, 0.4) is 0 Å². The summed E-state index contributed by atoms with van der Waals surface area (Å²) >= 11 is 7.28. The van der Waals surface area contributed by atoms with Gasteiger partial charge in [-0.1, -0.05) is 36.0 Å². The lowest BCUT2D eigenvalue weighted by molar-refractivity contribution is 0.0944. The molecule has 118 valence electrons. The van der Waals surface area contributed by atoms with Crippen LogP contribution in [0.5, 0.6) is 0 Å². The first-order valence-corrected chi connectivity index (χ1v) is 8.63. The van der Waals surface area contributed by atoms with E-state index >= 15 is 0 Å². The Labute approximate surface area is 137 Å². The summed E-state index contributed by atoms with van der Waals surface area (Å²) < 4.78 is 5.63. The van der Waals surface area contributed by atoms with E-state index in [1.165, 1.54) is 43.4 Å². The van der Waals surface area contributed by atoms with Gasteiger partial charge in [0.1, 0.15) is 11.3 Å². The van der Waals surface area contributed by atoms with Crippen molar-refractivity contribution in [1.82, 2.24) is 10.5 Å². The zero-order valence-corrected chi connectivity index (χ0v) is 13.7. The van der Waals surface area contributed by atoms with E-state index in [0.717, 1.165) is 4.88 Å². The van der Waals surface area contributed by atoms with E-state index in [1.807, 2.05) is 6.07 Å². The zero-order valence-electron chi connectivity index (χ0n) is 12.1. The van der Waals surface area contributed by atoms with Gasteiger partial charge in [-0.3, -0.25) is 4.79 Å². The van der Waals surface area contributed by atoms with Gasteiger partial charge in [0.25, 0.3) is 5.91 Å². The Morgan fingerprint density at radius 3 is 2.86 bits per heavy atom. The van der Waals surface area contributed by atoms with E-state index in [4.69, 9.17) is 21.9 Å². The van der Waals surface area contributed by atoms with Crippen molar-refractivity contribution in [2.24, 2.45) is 5.92 Å². The highest BCUT2D eigenvalue weighted by molar-refractivity contribution is 7.19. The maximum atomic E-state index is 12.5. The first kappa shape index (κ1) is 15.4. The van der Waals surface area contributed by atoms with Crippen LogP contribution in [0.2, 0.25) is 4.34 Å². The monoisotopic (exact) mass is 339 g/mol. The average molecular weight is 340 g/mol. The first-order valence-electron chi connectivity index (χ1n) is 7.44. The molecule has 1 amide bonds. The number of aromatic nitrogens is 1. The number of nitrogens with one attached hydrogen (secondary N) is 1. The highest BCUT2D eigenvalue weighted by atomic mass is 35.5. The van der Waals surface area contributed by atoms with Crippen LogP contribution in [-0.2, 0) is 0 Å². The molecule has 0 saturated heterocycles. The predicted molar refractivity (Wildman–Crippen MR) is 88.1 cm³/mol. The van der Waals surface area contributed by atoms with Crippen molar-refractivity contribution < 1.29 is 9.32 Å². The molecule has 0 bridgehead atoms. The van der Waals surface area contributed by atoms with Gasteiger partial charge in [-0.05, 0) is 30.9 Å². The molecule has 22 heavy (non-hydrogen) atoms. The third-order valence-corrected chi connectivity index (χ3v) is 5.27. The van der Waals surface area contributed by atoms with Crippen LogP contribution in [-0.4, -0.2) is 17.6 Å². The Hall–Kier alpha value is -1.53. The van der Waals surface area contributed by atoms with Gasteiger partial charge in [0.2, 0.25) is 5.88 Å². The highest BCUT2D eigenvalue weighted by Crippen LogP contribution is 2.34. The van der Waals surface area contributed by atoms with Crippen molar-refractivity contribution >= 4 is 34.7 Å². The number of rotatable bonds is 4. The summed E-state index contributed by atoms with van der Waals surface area (Å²) in [6, 6.07) is 3.57. The fourth-order valence-corrected chi connectivity index (χ4v) is 3.88. The molecule has 0 spiro atoms. The van der Waals surface area contributed by atoms with E-state index in [0.29, 0.717) is 28.1 Å². The maximum Gasteiger partial charge on any atom is 0.259 e. The Balaban J connectivity index is 1.73. The van der Waals surface area contributed by atoms with Gasteiger partial charge >= 0.3 is 0 Å². The molecule has 2 aromatic heterocycles. The lowest BCUT2D eigenvalue weighted by Gasteiger charge is -2.21. The third kappa shape index (κ3) is 3.28. The Morgan fingerprint density at radius 1 is 1.41 bits per heavy atom. The summed E-state index contributed by atoms with van der Waals surface area (Å²) in [5.41, 5.74) is 6.53. The highest BCUT2D eigenvalue weighted by Gasteiger charge is 2.24. The molecule has 0 aromatic carbocycles. The van der Waals surface area contributed by atoms with Crippen LogP contribution in [0.1, 0.15) is 42.5 Å². The van der Waals surface area contributed by atoms with Gasteiger partial charge in [0.05, 0.1) is 9.21 Å². The summed E-state index contributed by atoms with van der Waals surface area (Å²) in [7, 11) is 0. The number of nitrogens with zero attached hydrogens (tertiary/aromatic N) is 1. The molecule has 1 aliphatic carbocycles. The maximum absolute atomic E-state index is 12.5. The van der Waals surface area contributed by atoms with E-state index in [9.17, 15) is 4.79 Å². The van der Waals surface area contributed by atoms with Gasteiger partial charge in [-0.2, -0.15) is 0 Å². The Kier molecular flexibility index (Phi) is 4.69. The van der Waals surface area contributed by atoms with Crippen LogP contribution >= 0.6 is 22.9 Å². The van der Waals surface area contributed by atoms with Gasteiger partial charge in [0, 0.05) is 6.54 Å². The molecule has 7 heteroatoms. The molecule has 2 heterocycles. The van der Waals surface area contributed by atoms with E-state index in [-0.39, 0.29) is 11.8 Å². The number of halogens is 1. The minimum Gasteiger partial charge on any atom is -0.367 e. The normalized spacial score (nSPS) is 15.9. The van der Waals surface area contributed by atoms with Crippen molar-refractivity contribution in [3.63, 3.8) is 0 Å². The lowest BCUT2D eigenvalue weighted by Crippen LogP contribution is -2.30. The average Bonchev–Trinajstić information content (AvgIpc) is 3.12. The van der Waals surface area contributed by atoms with E-state index < -0.39 is 0 Å². The molecule has 3 rings (SSSR count). The van der Waals surface area contributed by atoms with Crippen LogP contribution in [0.4, 0.5) is 5.88 Å². The Bertz CT molecular complexity index is 662. The number of anilines is 1. The fourth-order valence-electron chi connectivity index (χ4n) is 2.85. The van der Waals surface area contributed by atoms with Gasteiger partial charge in [-0.25, -0.2) is 0 Å². The Morgan fingerprint density at radius 2 is 2.18 bits per heavy atom. The topological polar surface area (TPSA) is 81.2 Å². The molecule has 1 fully saturated rings. The minimum absolute atomic E-state index is 0.0423. The van der Waals surface area contributed by atoms with Crippen molar-refractivity contribution in [2.75, 3.05) is 12.3 Å². The quantitative estimate of drug-likeness (QED) is 0.883. The third-order valence-electron chi connectivity index (χ3n) is 4.03. The van der Waals surface area contributed by atoms with Crippen molar-refractivity contribution in [3.05, 3.63) is 22.0 Å². The molecule has 0 aliphatic heterocycles. The molecule has 0 atom stereocenters. The molecular formula is C15H18ClN3O2S. The molecule has 5 nitrogen and oxygen atoms in total. The standard InChI is InChI=1S/C15H18ClN3O2S/c16-11-7-6-10(22-11)13-12(14(17)21-19-13)15(20)18-8-9-4-2-1-3-5-9/h6-7,9H,1-5,8,17H2,(H,18,20). The number of hydrogen-bond donors (Lipinski definition) is 2. The summed E-state index contributed by atoms with van der Waals surface area (Å²) in [4.78, 5) is 13.2. The zero-order chi connectivity index (χ0) is 15.5. The second kappa shape index (κ2) is 6.71. The molecule has 0 radical (unpaired) electrons. The molecule has 0 unspecified atom stereocenters. The number of thiophene rings is 1. The van der Waals surface area contributed by atoms with Crippen LogP contribution in [0.15, 0.2) is 16.7 Å². The molecule has 3 N–H and O–H groups in total. The minimum atomic E-state index is -0.233. The second-order valence-corrected chi connectivity index (χ2v) is 7.30. The summed E-state index contributed by atoms with van der Waals surface area (Å²) in [6.45, 7) is 0.675. The predicted octanol–water partition coefficient (Wildman–Crippen LogP) is 3.95. The van der Waals surface area contributed by atoms with Crippen LogP contribution < -0.4 is 11.1 Å². The van der Waals surface area contributed by atoms with Crippen LogP contribution in [0.25, 0.3) is 10.6 Å². The van der Waals surface area contributed by atoms with E-state index in [2.05, 4.69) is 10.5 Å². The summed E-state index contributed by atoms with van der Waals surface area (Å²) in [6.07, 6.45) is 6.13. The van der Waals surface area contributed by atoms with E-state index in [1.54, 1.807) is 6.07 Å². The molecular weight excluding hydrogens is 322 g/mol. The SMILES string of the molecule is Nc1onc(-c2ccc(Cl)s2)c1C(=O)NCC1CCCCC1. The molecule has 1 aliphatic rings. The van der Waals surface area contributed by atoms with Gasteiger partial charge < -0.3 is 15.6 Å². The first-order chi connectivity index (χ1) is 10.6. The lowest BCUT2D eigenvalue weighted by atomic mass is 9.89. The van der Waals surface area contributed by atoms with Crippen molar-refractivity contribution in [3.8, 4) is 10.6 Å².